The van der Waals surface area contributed by atoms with E-state index in [0.29, 0.717) is 23.0 Å². The molecule has 1 aromatic carbocycles. The van der Waals surface area contributed by atoms with E-state index in [1.54, 1.807) is 22.5 Å². The van der Waals surface area contributed by atoms with Crippen molar-refractivity contribution < 1.29 is 8.42 Å². The molecular weight excluding hydrogens is 236 g/mol. The summed E-state index contributed by atoms with van der Waals surface area (Å²) in [6.45, 7) is 4.64. The highest BCUT2D eigenvalue weighted by molar-refractivity contribution is 7.89. The van der Waals surface area contributed by atoms with Gasteiger partial charge in [0.05, 0.1) is 4.90 Å². The third-order valence-electron chi connectivity index (χ3n) is 3.55. The molecule has 0 saturated carbocycles. The summed E-state index contributed by atoms with van der Waals surface area (Å²) in [7, 11) is -3.39. The Kier molecular flexibility index (Phi) is 3.14. The van der Waals surface area contributed by atoms with Gasteiger partial charge in [-0.25, -0.2) is 8.42 Å². The number of benzene rings is 1. The lowest BCUT2D eigenvalue weighted by molar-refractivity contribution is 0.372. The fourth-order valence-corrected chi connectivity index (χ4v) is 4.01. The van der Waals surface area contributed by atoms with Crippen molar-refractivity contribution in [1.82, 2.24) is 4.31 Å². The summed E-state index contributed by atoms with van der Waals surface area (Å²) in [6.07, 6.45) is 0.919. The average molecular weight is 254 g/mol. The number of nitrogens with zero attached hydrogens (tertiary/aromatic N) is 1. The van der Waals surface area contributed by atoms with Gasteiger partial charge in [-0.3, -0.25) is 0 Å². The van der Waals surface area contributed by atoms with Gasteiger partial charge in [-0.15, -0.1) is 0 Å². The second kappa shape index (κ2) is 4.31. The molecule has 5 heteroatoms. The minimum Gasteiger partial charge on any atom is -0.399 e. The van der Waals surface area contributed by atoms with E-state index in [9.17, 15) is 8.42 Å². The Morgan fingerprint density at radius 3 is 2.59 bits per heavy atom. The van der Waals surface area contributed by atoms with Gasteiger partial charge >= 0.3 is 0 Å². The Balaban J connectivity index is 2.37. The van der Waals surface area contributed by atoms with Crippen molar-refractivity contribution >= 4 is 15.7 Å². The minimum absolute atomic E-state index is 0.0569. The second-order valence-corrected chi connectivity index (χ2v) is 6.59. The molecule has 17 heavy (non-hydrogen) atoms. The van der Waals surface area contributed by atoms with Crippen LogP contribution in [-0.4, -0.2) is 25.3 Å². The van der Waals surface area contributed by atoms with Crippen molar-refractivity contribution in [3.63, 3.8) is 0 Å². The first kappa shape index (κ1) is 12.4. The predicted molar refractivity (Wildman–Crippen MR) is 68.0 cm³/mol. The number of rotatable bonds is 2. The van der Waals surface area contributed by atoms with E-state index < -0.39 is 10.0 Å². The molecule has 1 fully saturated rings. The van der Waals surface area contributed by atoms with Gasteiger partial charge in [-0.1, -0.05) is 13.0 Å². The molecule has 0 amide bonds. The highest BCUT2D eigenvalue weighted by Crippen LogP contribution is 2.30. The molecule has 1 heterocycles. The van der Waals surface area contributed by atoms with Crippen LogP contribution in [0.5, 0.6) is 0 Å². The molecular formula is C12H18N2O2S. The van der Waals surface area contributed by atoms with Crippen LogP contribution in [0.15, 0.2) is 29.2 Å². The molecule has 1 aliphatic rings. The van der Waals surface area contributed by atoms with Gasteiger partial charge in [0.1, 0.15) is 0 Å². The van der Waals surface area contributed by atoms with Gasteiger partial charge in [0.2, 0.25) is 10.0 Å². The third-order valence-corrected chi connectivity index (χ3v) is 5.53. The summed E-state index contributed by atoms with van der Waals surface area (Å²) >= 11 is 0. The molecule has 0 bridgehead atoms. The number of sulfonamides is 1. The normalized spacial score (nSPS) is 26.2. The summed E-state index contributed by atoms with van der Waals surface area (Å²) in [5.41, 5.74) is 6.11. The molecule has 0 radical (unpaired) electrons. The zero-order valence-corrected chi connectivity index (χ0v) is 10.9. The van der Waals surface area contributed by atoms with Gasteiger partial charge < -0.3 is 5.73 Å². The Morgan fingerprint density at radius 2 is 2.06 bits per heavy atom. The Hall–Kier alpha value is -1.07. The van der Waals surface area contributed by atoms with Crippen LogP contribution in [0.2, 0.25) is 0 Å². The van der Waals surface area contributed by atoms with E-state index in [1.807, 2.05) is 6.92 Å². The molecule has 1 saturated heterocycles. The molecule has 1 aliphatic heterocycles. The Bertz CT molecular complexity index is 513. The van der Waals surface area contributed by atoms with E-state index >= 15 is 0 Å². The van der Waals surface area contributed by atoms with Gasteiger partial charge in [-0.2, -0.15) is 4.31 Å². The third kappa shape index (κ3) is 2.17. The summed E-state index contributed by atoms with van der Waals surface area (Å²) in [5, 5.41) is 0. The summed E-state index contributed by atoms with van der Waals surface area (Å²) in [6, 6.07) is 6.54. The SMILES string of the molecule is CC1CCN(S(=O)(=O)c2cccc(N)c2)C1C. The van der Waals surface area contributed by atoms with Crippen LogP contribution in [0, 0.1) is 5.92 Å². The lowest BCUT2D eigenvalue weighted by Crippen LogP contribution is -2.35. The van der Waals surface area contributed by atoms with Crippen LogP contribution in [0.4, 0.5) is 5.69 Å². The smallest absolute Gasteiger partial charge is 0.243 e. The lowest BCUT2D eigenvalue weighted by Gasteiger charge is -2.22. The molecule has 1 aromatic rings. The number of nitrogen functional groups attached to an aromatic ring is 1. The van der Waals surface area contributed by atoms with Gasteiger partial charge in [0, 0.05) is 18.3 Å². The van der Waals surface area contributed by atoms with Crippen molar-refractivity contribution in [2.75, 3.05) is 12.3 Å². The Morgan fingerprint density at radius 1 is 1.35 bits per heavy atom. The van der Waals surface area contributed by atoms with E-state index in [0.717, 1.165) is 6.42 Å². The van der Waals surface area contributed by atoms with Crippen LogP contribution in [0.1, 0.15) is 20.3 Å². The lowest BCUT2D eigenvalue weighted by atomic mass is 10.1. The van der Waals surface area contributed by atoms with Crippen LogP contribution >= 0.6 is 0 Å². The van der Waals surface area contributed by atoms with Crippen molar-refractivity contribution in [2.24, 2.45) is 5.92 Å². The van der Waals surface area contributed by atoms with E-state index in [-0.39, 0.29) is 6.04 Å². The first-order chi connectivity index (χ1) is 7.93. The van der Waals surface area contributed by atoms with E-state index in [2.05, 4.69) is 6.92 Å². The first-order valence-electron chi connectivity index (χ1n) is 5.80. The van der Waals surface area contributed by atoms with Crippen molar-refractivity contribution in [1.29, 1.82) is 0 Å². The fourth-order valence-electron chi connectivity index (χ4n) is 2.21. The highest BCUT2D eigenvalue weighted by atomic mass is 32.2. The second-order valence-electron chi connectivity index (χ2n) is 4.69. The number of nitrogens with two attached hydrogens (primary N) is 1. The highest BCUT2D eigenvalue weighted by Gasteiger charge is 2.36. The monoisotopic (exact) mass is 254 g/mol. The molecule has 4 nitrogen and oxygen atoms in total. The number of anilines is 1. The maximum Gasteiger partial charge on any atom is 0.243 e. The number of hydrogen-bond donors (Lipinski definition) is 1. The molecule has 2 N–H and O–H groups in total. The largest absolute Gasteiger partial charge is 0.399 e. The molecule has 2 rings (SSSR count). The Labute approximate surface area is 102 Å². The molecule has 0 aromatic heterocycles. The topological polar surface area (TPSA) is 63.4 Å². The molecule has 0 aliphatic carbocycles. The standard InChI is InChI=1S/C12H18N2O2S/c1-9-6-7-14(10(9)2)17(15,16)12-5-3-4-11(13)8-12/h3-5,8-10H,6-7,13H2,1-2H3. The fraction of sp³-hybridized carbons (Fsp3) is 0.500. The van der Waals surface area contributed by atoms with Crippen LogP contribution in [-0.2, 0) is 10.0 Å². The average Bonchev–Trinajstić information content (AvgIpc) is 2.60. The zero-order valence-electron chi connectivity index (χ0n) is 10.1. The quantitative estimate of drug-likeness (QED) is 0.817. The van der Waals surface area contributed by atoms with Crippen molar-refractivity contribution in [3.8, 4) is 0 Å². The molecule has 94 valence electrons. The summed E-state index contributed by atoms with van der Waals surface area (Å²) < 4.78 is 26.4. The van der Waals surface area contributed by atoms with E-state index in [1.165, 1.54) is 6.07 Å². The number of hydrogen-bond acceptors (Lipinski definition) is 3. The van der Waals surface area contributed by atoms with Crippen molar-refractivity contribution in [3.05, 3.63) is 24.3 Å². The molecule has 2 atom stereocenters. The van der Waals surface area contributed by atoms with Gasteiger partial charge in [0.15, 0.2) is 0 Å². The summed E-state index contributed by atoms with van der Waals surface area (Å²) in [5.74, 6) is 0.408. The van der Waals surface area contributed by atoms with Crippen LogP contribution in [0.3, 0.4) is 0 Å². The first-order valence-corrected chi connectivity index (χ1v) is 7.24. The van der Waals surface area contributed by atoms with Crippen LogP contribution < -0.4 is 5.73 Å². The maximum atomic E-state index is 12.4. The molecule has 0 spiro atoms. The zero-order chi connectivity index (χ0) is 12.6. The van der Waals surface area contributed by atoms with Crippen molar-refractivity contribution in [2.45, 2.75) is 31.2 Å². The van der Waals surface area contributed by atoms with Gasteiger partial charge in [0.25, 0.3) is 0 Å². The van der Waals surface area contributed by atoms with Crippen LogP contribution in [0.25, 0.3) is 0 Å². The molecule has 2 unspecified atom stereocenters. The summed E-state index contributed by atoms with van der Waals surface area (Å²) in [4.78, 5) is 0.290. The predicted octanol–water partition coefficient (Wildman–Crippen LogP) is 1.69. The van der Waals surface area contributed by atoms with E-state index in [4.69, 9.17) is 5.73 Å². The van der Waals surface area contributed by atoms with Gasteiger partial charge in [-0.05, 0) is 37.5 Å². The maximum absolute atomic E-state index is 12.4. The minimum atomic E-state index is -3.39.